The lowest BCUT2D eigenvalue weighted by atomic mass is 10.0. The Bertz CT molecular complexity index is 1980. The molecular weight excluding hydrogens is 470 g/mol. The van der Waals surface area contributed by atoms with E-state index in [-0.39, 0.29) is 5.75 Å². The van der Waals surface area contributed by atoms with Gasteiger partial charge in [0.15, 0.2) is 0 Å². The Kier molecular flexibility index (Phi) is 5.08. The van der Waals surface area contributed by atoms with E-state index in [2.05, 4.69) is 51.8 Å². The summed E-state index contributed by atoms with van der Waals surface area (Å²) < 4.78 is 8.41. The smallest absolute Gasteiger partial charge is 0.219 e. The van der Waals surface area contributed by atoms with Crippen LogP contribution in [0.1, 0.15) is 5.56 Å². The lowest BCUT2D eigenvalue weighted by Crippen LogP contribution is -1.97. The number of benzene rings is 4. The Morgan fingerprint density at radius 1 is 0.737 bits per heavy atom. The van der Waals surface area contributed by atoms with Gasteiger partial charge in [0, 0.05) is 40.1 Å². The van der Waals surface area contributed by atoms with E-state index in [0.29, 0.717) is 17.1 Å². The SMILES string of the molecule is Cc1ccnc(-n2c3ccccc3c3ccc(Oc4ccc5ccc(-c6ccccc6)c(O)c5n4)cc32)c1. The molecule has 0 atom stereocenters. The summed E-state index contributed by atoms with van der Waals surface area (Å²) in [5, 5.41) is 14.2. The highest BCUT2D eigenvalue weighted by atomic mass is 16.5. The molecule has 0 spiro atoms. The van der Waals surface area contributed by atoms with Crippen molar-refractivity contribution >= 4 is 32.7 Å². The van der Waals surface area contributed by atoms with Crippen molar-refractivity contribution in [2.75, 3.05) is 0 Å². The first-order valence-corrected chi connectivity index (χ1v) is 12.5. The molecule has 3 heterocycles. The number of nitrogens with zero attached hydrogens (tertiary/aromatic N) is 3. The van der Waals surface area contributed by atoms with Crippen LogP contribution in [0.3, 0.4) is 0 Å². The molecule has 0 radical (unpaired) electrons. The summed E-state index contributed by atoms with van der Waals surface area (Å²) in [7, 11) is 0. The Labute approximate surface area is 219 Å². The van der Waals surface area contributed by atoms with Crippen molar-refractivity contribution in [1.29, 1.82) is 0 Å². The summed E-state index contributed by atoms with van der Waals surface area (Å²) in [6, 6.07) is 35.9. The van der Waals surface area contributed by atoms with E-state index < -0.39 is 0 Å². The van der Waals surface area contributed by atoms with Gasteiger partial charge in [-0.05, 0) is 60.5 Å². The summed E-state index contributed by atoms with van der Waals surface area (Å²) in [6.45, 7) is 2.07. The number of hydrogen-bond donors (Lipinski definition) is 1. The van der Waals surface area contributed by atoms with Gasteiger partial charge in [0.1, 0.15) is 22.8 Å². The highest BCUT2D eigenvalue weighted by Gasteiger charge is 2.15. The average molecular weight is 494 g/mol. The number of para-hydroxylation sites is 1. The first kappa shape index (κ1) is 22.1. The number of phenolic OH excluding ortho intramolecular Hbond substituents is 1. The molecule has 0 saturated carbocycles. The zero-order chi connectivity index (χ0) is 25.6. The van der Waals surface area contributed by atoms with E-state index in [0.717, 1.165) is 49.7 Å². The maximum atomic E-state index is 11.1. The number of rotatable bonds is 4. The Balaban J connectivity index is 1.34. The first-order chi connectivity index (χ1) is 18.7. The topological polar surface area (TPSA) is 60.2 Å². The monoisotopic (exact) mass is 493 g/mol. The molecule has 3 aromatic heterocycles. The van der Waals surface area contributed by atoms with Gasteiger partial charge in [-0.1, -0.05) is 54.6 Å². The van der Waals surface area contributed by atoms with Crippen LogP contribution in [0.15, 0.2) is 115 Å². The normalized spacial score (nSPS) is 11.4. The zero-order valence-corrected chi connectivity index (χ0v) is 20.7. The molecule has 0 unspecified atom stereocenters. The molecule has 1 N–H and O–H groups in total. The van der Waals surface area contributed by atoms with E-state index in [1.54, 1.807) is 0 Å². The number of hydrogen-bond acceptors (Lipinski definition) is 4. The van der Waals surface area contributed by atoms with Gasteiger partial charge in [-0.25, -0.2) is 9.97 Å². The van der Waals surface area contributed by atoms with E-state index in [1.165, 1.54) is 0 Å². The highest BCUT2D eigenvalue weighted by Crippen LogP contribution is 2.37. The van der Waals surface area contributed by atoms with Crippen LogP contribution in [-0.4, -0.2) is 19.6 Å². The summed E-state index contributed by atoms with van der Waals surface area (Å²) in [6.07, 6.45) is 1.83. The average Bonchev–Trinajstić information content (AvgIpc) is 3.28. The molecule has 7 aromatic rings. The van der Waals surface area contributed by atoms with Gasteiger partial charge in [-0.15, -0.1) is 0 Å². The molecule has 7 rings (SSSR count). The third kappa shape index (κ3) is 3.64. The molecule has 4 aromatic carbocycles. The number of aryl methyl sites for hydroxylation is 1. The highest BCUT2D eigenvalue weighted by molar-refractivity contribution is 6.09. The van der Waals surface area contributed by atoms with Crippen molar-refractivity contribution in [3.63, 3.8) is 0 Å². The molecule has 0 fully saturated rings. The second-order valence-corrected chi connectivity index (χ2v) is 9.37. The molecule has 38 heavy (non-hydrogen) atoms. The molecule has 182 valence electrons. The van der Waals surface area contributed by atoms with Crippen LogP contribution in [0, 0.1) is 6.92 Å². The fourth-order valence-electron chi connectivity index (χ4n) is 5.09. The minimum absolute atomic E-state index is 0.139. The van der Waals surface area contributed by atoms with E-state index in [4.69, 9.17) is 4.74 Å². The predicted octanol–water partition coefficient (Wildman–Crippen LogP) is 8.20. The number of ether oxygens (including phenoxy) is 1. The fourth-order valence-corrected chi connectivity index (χ4v) is 5.09. The molecule has 0 bridgehead atoms. The second kappa shape index (κ2) is 8.75. The minimum Gasteiger partial charge on any atom is -0.505 e. The molecule has 5 nitrogen and oxygen atoms in total. The summed E-state index contributed by atoms with van der Waals surface area (Å²) in [5.74, 6) is 2.06. The fraction of sp³-hybridized carbons (Fsp3) is 0.0303. The third-order valence-corrected chi connectivity index (χ3v) is 6.89. The van der Waals surface area contributed by atoms with Crippen LogP contribution in [0.4, 0.5) is 0 Å². The largest absolute Gasteiger partial charge is 0.505 e. The molecule has 0 amide bonds. The van der Waals surface area contributed by atoms with Crippen LogP contribution in [0.2, 0.25) is 0 Å². The molecule has 0 aliphatic heterocycles. The van der Waals surface area contributed by atoms with Crippen LogP contribution in [0.25, 0.3) is 49.7 Å². The summed E-state index contributed by atoms with van der Waals surface area (Å²) in [4.78, 5) is 9.33. The quantitative estimate of drug-likeness (QED) is 0.268. The predicted molar refractivity (Wildman–Crippen MR) is 152 cm³/mol. The maximum Gasteiger partial charge on any atom is 0.219 e. The number of aromatic nitrogens is 3. The van der Waals surface area contributed by atoms with Crippen molar-refractivity contribution in [3.05, 3.63) is 121 Å². The molecule has 0 aliphatic rings. The number of phenols is 1. The van der Waals surface area contributed by atoms with E-state index in [1.807, 2.05) is 85.1 Å². The van der Waals surface area contributed by atoms with Gasteiger partial charge in [-0.3, -0.25) is 4.57 Å². The standard InChI is InChI=1S/C33H23N3O2/c1-21-17-18-34-30(19-21)36-28-10-6-5-9-26(28)27-15-13-24(20-29(27)36)38-31-16-12-23-11-14-25(33(37)32(23)35-31)22-7-3-2-4-8-22/h2-20,37H,1H3. The lowest BCUT2D eigenvalue weighted by molar-refractivity contribution is 0.460. The van der Waals surface area contributed by atoms with Gasteiger partial charge < -0.3 is 9.84 Å². The van der Waals surface area contributed by atoms with Gasteiger partial charge in [0.2, 0.25) is 5.88 Å². The van der Waals surface area contributed by atoms with Crippen LogP contribution in [0.5, 0.6) is 17.4 Å². The van der Waals surface area contributed by atoms with Crippen LogP contribution in [-0.2, 0) is 0 Å². The molecule has 0 saturated heterocycles. The lowest BCUT2D eigenvalue weighted by Gasteiger charge is -2.11. The van der Waals surface area contributed by atoms with Gasteiger partial charge in [0.05, 0.1) is 11.0 Å². The Hall–Kier alpha value is -5.16. The van der Waals surface area contributed by atoms with Gasteiger partial charge in [-0.2, -0.15) is 0 Å². The molecular formula is C33H23N3O2. The third-order valence-electron chi connectivity index (χ3n) is 6.89. The second-order valence-electron chi connectivity index (χ2n) is 9.37. The van der Waals surface area contributed by atoms with Crippen molar-refractivity contribution in [2.24, 2.45) is 0 Å². The molecule has 0 aliphatic carbocycles. The zero-order valence-electron chi connectivity index (χ0n) is 20.7. The minimum atomic E-state index is 0.139. The number of pyridine rings is 2. The maximum absolute atomic E-state index is 11.1. The first-order valence-electron chi connectivity index (χ1n) is 12.5. The van der Waals surface area contributed by atoms with Crippen molar-refractivity contribution in [2.45, 2.75) is 6.92 Å². The summed E-state index contributed by atoms with van der Waals surface area (Å²) >= 11 is 0. The van der Waals surface area contributed by atoms with Crippen molar-refractivity contribution in [1.82, 2.24) is 14.5 Å². The Morgan fingerprint density at radius 2 is 1.53 bits per heavy atom. The van der Waals surface area contributed by atoms with Crippen molar-refractivity contribution < 1.29 is 9.84 Å². The van der Waals surface area contributed by atoms with Gasteiger partial charge in [0.25, 0.3) is 0 Å². The van der Waals surface area contributed by atoms with Crippen LogP contribution < -0.4 is 4.74 Å². The van der Waals surface area contributed by atoms with E-state index in [9.17, 15) is 5.11 Å². The number of fused-ring (bicyclic) bond motifs is 4. The van der Waals surface area contributed by atoms with E-state index >= 15 is 0 Å². The number of aromatic hydroxyl groups is 1. The van der Waals surface area contributed by atoms with Gasteiger partial charge >= 0.3 is 0 Å². The Morgan fingerprint density at radius 3 is 2.39 bits per heavy atom. The van der Waals surface area contributed by atoms with Crippen molar-refractivity contribution in [3.8, 4) is 34.3 Å². The van der Waals surface area contributed by atoms with Crippen LogP contribution >= 0.6 is 0 Å². The summed E-state index contributed by atoms with van der Waals surface area (Å²) in [5.41, 5.74) is 5.39. The molecule has 5 heteroatoms.